The van der Waals surface area contributed by atoms with Gasteiger partial charge < -0.3 is 10.0 Å². The molecule has 0 saturated heterocycles. The van der Waals surface area contributed by atoms with E-state index in [4.69, 9.17) is 5.11 Å². The third-order valence-electron chi connectivity index (χ3n) is 1.07. The maximum atomic E-state index is 10.5. The molecule has 0 unspecified atom stereocenters. The van der Waals surface area contributed by atoms with E-state index < -0.39 is 0 Å². The Morgan fingerprint density at radius 2 is 2.62 bits per heavy atom. The second kappa shape index (κ2) is 1.96. The van der Waals surface area contributed by atoms with Gasteiger partial charge in [-0.2, -0.15) is 0 Å². The zero-order chi connectivity index (χ0) is 5.98. The molecule has 1 heterocycles. The van der Waals surface area contributed by atoms with Crippen LogP contribution in [0.1, 0.15) is 0 Å². The first-order valence-corrected chi connectivity index (χ1v) is 2.41. The summed E-state index contributed by atoms with van der Waals surface area (Å²) in [5.41, 5.74) is 0. The molecule has 3 heteroatoms. The van der Waals surface area contributed by atoms with E-state index in [1.54, 1.807) is 6.08 Å². The molecular weight excluding hydrogens is 106 g/mol. The molecule has 1 aliphatic rings. The first-order valence-electron chi connectivity index (χ1n) is 2.41. The van der Waals surface area contributed by atoms with E-state index in [1.807, 2.05) is 0 Å². The second-order valence-corrected chi connectivity index (χ2v) is 1.60. The van der Waals surface area contributed by atoms with E-state index in [-0.39, 0.29) is 12.6 Å². The standard InChI is InChI=1S/C5H7NO2/c7-4-6-3-1-2-5(6)8/h1-2,7H,3-4H2. The lowest BCUT2D eigenvalue weighted by molar-refractivity contribution is -0.127. The quantitative estimate of drug-likeness (QED) is 0.490. The predicted molar refractivity (Wildman–Crippen MR) is 27.9 cm³/mol. The molecule has 8 heavy (non-hydrogen) atoms. The SMILES string of the molecule is O=C1C=CCN1CO. The Bertz CT molecular complexity index is 130. The van der Waals surface area contributed by atoms with Gasteiger partial charge >= 0.3 is 0 Å². The van der Waals surface area contributed by atoms with Crippen molar-refractivity contribution in [3.05, 3.63) is 12.2 Å². The van der Waals surface area contributed by atoms with Crippen LogP contribution in [0.25, 0.3) is 0 Å². The normalized spacial score (nSPS) is 18.1. The third-order valence-corrected chi connectivity index (χ3v) is 1.07. The predicted octanol–water partition coefficient (Wildman–Crippen LogP) is -0.665. The molecule has 1 amide bonds. The van der Waals surface area contributed by atoms with Crippen LogP contribution in [-0.2, 0) is 4.79 Å². The Kier molecular flexibility index (Phi) is 1.30. The number of hydrogen-bond acceptors (Lipinski definition) is 2. The zero-order valence-corrected chi connectivity index (χ0v) is 4.37. The van der Waals surface area contributed by atoms with Crippen molar-refractivity contribution in [1.29, 1.82) is 0 Å². The fourth-order valence-corrected chi connectivity index (χ4v) is 0.604. The third kappa shape index (κ3) is 0.721. The van der Waals surface area contributed by atoms with Gasteiger partial charge in [-0.15, -0.1) is 0 Å². The highest BCUT2D eigenvalue weighted by Crippen LogP contribution is 1.97. The summed E-state index contributed by atoms with van der Waals surface area (Å²) >= 11 is 0. The van der Waals surface area contributed by atoms with Crippen LogP contribution in [0.15, 0.2) is 12.2 Å². The number of nitrogens with zero attached hydrogens (tertiary/aromatic N) is 1. The fourth-order valence-electron chi connectivity index (χ4n) is 0.604. The number of aliphatic hydroxyl groups is 1. The number of aliphatic hydroxyl groups excluding tert-OH is 1. The Morgan fingerprint density at radius 1 is 1.88 bits per heavy atom. The fraction of sp³-hybridized carbons (Fsp3) is 0.400. The summed E-state index contributed by atoms with van der Waals surface area (Å²) in [5, 5.41) is 8.40. The van der Waals surface area contributed by atoms with Gasteiger partial charge in [0.25, 0.3) is 0 Å². The second-order valence-electron chi connectivity index (χ2n) is 1.60. The van der Waals surface area contributed by atoms with Gasteiger partial charge in [0.05, 0.1) is 0 Å². The lowest BCUT2D eigenvalue weighted by Crippen LogP contribution is -2.25. The first-order chi connectivity index (χ1) is 3.84. The first kappa shape index (κ1) is 5.31. The highest BCUT2D eigenvalue weighted by molar-refractivity contribution is 5.89. The monoisotopic (exact) mass is 113 g/mol. The van der Waals surface area contributed by atoms with E-state index in [0.29, 0.717) is 6.54 Å². The molecule has 0 aromatic rings. The molecule has 0 saturated carbocycles. The molecule has 0 fully saturated rings. The molecule has 0 aromatic carbocycles. The van der Waals surface area contributed by atoms with Gasteiger partial charge in [0.1, 0.15) is 6.73 Å². The summed E-state index contributed by atoms with van der Waals surface area (Å²) < 4.78 is 0. The molecule has 1 N–H and O–H groups in total. The summed E-state index contributed by atoms with van der Waals surface area (Å²) in [7, 11) is 0. The van der Waals surface area contributed by atoms with Crippen molar-refractivity contribution in [3.8, 4) is 0 Å². The number of rotatable bonds is 1. The van der Waals surface area contributed by atoms with E-state index in [1.165, 1.54) is 11.0 Å². The lowest BCUT2D eigenvalue weighted by Gasteiger charge is -2.08. The van der Waals surface area contributed by atoms with Crippen molar-refractivity contribution >= 4 is 5.91 Å². The summed E-state index contributed by atoms with van der Waals surface area (Å²) in [6.07, 6.45) is 3.18. The Labute approximate surface area is 47.2 Å². The summed E-state index contributed by atoms with van der Waals surface area (Å²) in [5.74, 6) is -0.104. The molecule has 3 nitrogen and oxygen atoms in total. The average Bonchev–Trinajstić information content (AvgIpc) is 2.14. The van der Waals surface area contributed by atoms with Gasteiger partial charge in [-0.1, -0.05) is 6.08 Å². The van der Waals surface area contributed by atoms with Crippen LogP contribution in [0.3, 0.4) is 0 Å². The van der Waals surface area contributed by atoms with E-state index in [2.05, 4.69) is 0 Å². The van der Waals surface area contributed by atoms with Crippen LogP contribution < -0.4 is 0 Å². The van der Waals surface area contributed by atoms with Crippen LogP contribution in [0.5, 0.6) is 0 Å². The minimum atomic E-state index is -0.175. The summed E-state index contributed by atoms with van der Waals surface area (Å²) in [4.78, 5) is 11.8. The molecule has 44 valence electrons. The van der Waals surface area contributed by atoms with Crippen molar-refractivity contribution in [2.75, 3.05) is 13.3 Å². The maximum absolute atomic E-state index is 10.5. The number of hydrogen-bond donors (Lipinski definition) is 1. The Balaban J connectivity index is 2.51. The smallest absolute Gasteiger partial charge is 0.248 e. The topological polar surface area (TPSA) is 40.5 Å². The average molecular weight is 113 g/mol. The van der Waals surface area contributed by atoms with Crippen LogP contribution in [0.4, 0.5) is 0 Å². The Hall–Kier alpha value is -0.830. The van der Waals surface area contributed by atoms with E-state index >= 15 is 0 Å². The minimum Gasteiger partial charge on any atom is -0.376 e. The highest BCUT2D eigenvalue weighted by Gasteiger charge is 2.11. The molecule has 0 bridgehead atoms. The molecule has 0 radical (unpaired) electrons. The zero-order valence-electron chi connectivity index (χ0n) is 4.37. The summed E-state index contributed by atoms with van der Waals surface area (Å²) in [6.45, 7) is 0.376. The van der Waals surface area contributed by atoms with Gasteiger partial charge in [-0.25, -0.2) is 0 Å². The highest BCUT2D eigenvalue weighted by atomic mass is 16.3. The molecule has 0 spiro atoms. The molecule has 0 atom stereocenters. The van der Waals surface area contributed by atoms with Crippen molar-refractivity contribution < 1.29 is 9.90 Å². The molecule has 0 aromatic heterocycles. The van der Waals surface area contributed by atoms with Crippen molar-refractivity contribution in [2.24, 2.45) is 0 Å². The lowest BCUT2D eigenvalue weighted by atomic mass is 10.6. The largest absolute Gasteiger partial charge is 0.376 e. The van der Waals surface area contributed by atoms with Crippen molar-refractivity contribution in [1.82, 2.24) is 4.90 Å². The van der Waals surface area contributed by atoms with Crippen molar-refractivity contribution in [2.45, 2.75) is 0 Å². The van der Waals surface area contributed by atoms with Crippen LogP contribution in [-0.4, -0.2) is 29.2 Å². The van der Waals surface area contributed by atoms with Crippen LogP contribution in [0.2, 0.25) is 0 Å². The van der Waals surface area contributed by atoms with Crippen LogP contribution in [0, 0.1) is 0 Å². The maximum Gasteiger partial charge on any atom is 0.248 e. The minimum absolute atomic E-state index is 0.104. The van der Waals surface area contributed by atoms with E-state index in [9.17, 15) is 4.79 Å². The van der Waals surface area contributed by atoms with Crippen LogP contribution >= 0.6 is 0 Å². The molecular formula is C5H7NO2. The van der Waals surface area contributed by atoms with Gasteiger partial charge in [-0.05, 0) is 0 Å². The molecule has 1 rings (SSSR count). The van der Waals surface area contributed by atoms with Gasteiger partial charge in [0.2, 0.25) is 5.91 Å². The Morgan fingerprint density at radius 3 is 2.88 bits per heavy atom. The number of amides is 1. The molecule has 0 aliphatic carbocycles. The van der Waals surface area contributed by atoms with E-state index in [0.717, 1.165) is 0 Å². The summed E-state index contributed by atoms with van der Waals surface area (Å²) in [6, 6.07) is 0. The van der Waals surface area contributed by atoms with Gasteiger partial charge in [0.15, 0.2) is 0 Å². The van der Waals surface area contributed by atoms with Gasteiger partial charge in [0, 0.05) is 12.6 Å². The molecule has 1 aliphatic heterocycles. The van der Waals surface area contributed by atoms with Gasteiger partial charge in [-0.3, -0.25) is 4.79 Å². The number of carbonyl (C=O) groups excluding carboxylic acids is 1. The van der Waals surface area contributed by atoms with Crippen molar-refractivity contribution in [3.63, 3.8) is 0 Å². The number of carbonyl (C=O) groups is 1.